The summed E-state index contributed by atoms with van der Waals surface area (Å²) in [6.45, 7) is 2.84. The van der Waals surface area contributed by atoms with Crippen LogP contribution in [0.4, 0.5) is 5.69 Å². The largest absolute Gasteiger partial charge is 0.310 e. The second-order valence-corrected chi connectivity index (χ2v) is 4.65. The number of nitrogens with zero attached hydrogens (tertiary/aromatic N) is 1. The van der Waals surface area contributed by atoms with Gasteiger partial charge in [0.2, 0.25) is 0 Å². The molecular weight excluding hydrogens is 228 g/mol. The van der Waals surface area contributed by atoms with Gasteiger partial charge in [0.05, 0.1) is 4.92 Å². The summed E-state index contributed by atoms with van der Waals surface area (Å²) in [5.74, 6) is 0.724. The molecule has 0 heterocycles. The number of halogens is 1. The van der Waals surface area contributed by atoms with E-state index in [1.807, 2.05) is 6.07 Å². The van der Waals surface area contributed by atoms with Gasteiger partial charge in [-0.1, -0.05) is 24.6 Å². The average molecular weight is 241 g/mol. The summed E-state index contributed by atoms with van der Waals surface area (Å²) < 4.78 is 0. The Morgan fingerprint density at radius 3 is 2.88 bits per heavy atom. The molecule has 4 nitrogen and oxygen atoms in total. The maximum absolute atomic E-state index is 10.7. The third-order valence-electron chi connectivity index (χ3n) is 2.89. The molecule has 1 fully saturated rings. The first-order valence-electron chi connectivity index (χ1n) is 5.24. The number of rotatable bonds is 4. The highest BCUT2D eigenvalue weighted by Gasteiger charge is 2.31. The minimum Gasteiger partial charge on any atom is -0.310 e. The molecule has 1 aliphatic rings. The molecule has 0 spiro atoms. The van der Waals surface area contributed by atoms with Crippen molar-refractivity contribution in [1.82, 2.24) is 5.32 Å². The van der Waals surface area contributed by atoms with Crippen molar-refractivity contribution in [3.63, 3.8) is 0 Å². The molecular formula is C11H13ClN2O2. The van der Waals surface area contributed by atoms with Gasteiger partial charge in [0.25, 0.3) is 5.69 Å². The molecule has 0 amide bonds. The zero-order valence-corrected chi connectivity index (χ0v) is 9.70. The summed E-state index contributed by atoms with van der Waals surface area (Å²) in [5, 5.41) is 14.2. The summed E-state index contributed by atoms with van der Waals surface area (Å²) in [6, 6.07) is 5.49. The fraction of sp³-hybridized carbons (Fsp3) is 0.455. The molecule has 0 saturated heterocycles. The highest BCUT2D eigenvalue weighted by Crippen LogP contribution is 2.30. The summed E-state index contributed by atoms with van der Waals surface area (Å²) in [5.41, 5.74) is 0.875. The van der Waals surface area contributed by atoms with Crippen molar-refractivity contribution in [3.05, 3.63) is 38.9 Å². The fourth-order valence-corrected chi connectivity index (χ4v) is 1.85. The molecule has 2 atom stereocenters. The second kappa shape index (κ2) is 4.39. The zero-order chi connectivity index (χ0) is 11.7. The van der Waals surface area contributed by atoms with E-state index in [-0.39, 0.29) is 10.7 Å². The van der Waals surface area contributed by atoms with E-state index in [0.29, 0.717) is 12.6 Å². The number of benzene rings is 1. The highest BCUT2D eigenvalue weighted by atomic mass is 35.5. The molecule has 0 aliphatic heterocycles. The average Bonchev–Trinajstić information content (AvgIpc) is 2.93. The first-order chi connectivity index (χ1) is 7.58. The molecule has 2 unspecified atom stereocenters. The number of nitro groups is 1. The van der Waals surface area contributed by atoms with Crippen molar-refractivity contribution < 1.29 is 4.92 Å². The first kappa shape index (κ1) is 11.4. The third-order valence-corrected chi connectivity index (χ3v) is 3.20. The third kappa shape index (κ3) is 2.51. The van der Waals surface area contributed by atoms with Crippen molar-refractivity contribution >= 4 is 17.3 Å². The number of nitro benzene ring substituents is 1. The lowest BCUT2D eigenvalue weighted by molar-refractivity contribution is -0.384. The van der Waals surface area contributed by atoms with Gasteiger partial charge in [-0.25, -0.2) is 0 Å². The highest BCUT2D eigenvalue weighted by molar-refractivity contribution is 6.32. The normalized spacial score (nSPS) is 23.1. The van der Waals surface area contributed by atoms with E-state index in [2.05, 4.69) is 12.2 Å². The minimum absolute atomic E-state index is 0.0233. The summed E-state index contributed by atoms with van der Waals surface area (Å²) in [6.07, 6.45) is 1.19. The van der Waals surface area contributed by atoms with Crippen molar-refractivity contribution in [1.29, 1.82) is 0 Å². The Hall–Kier alpha value is -1.13. The topological polar surface area (TPSA) is 55.2 Å². The molecule has 86 valence electrons. The Bertz CT molecular complexity index is 422. The Labute approximate surface area is 98.8 Å². The Kier molecular flexibility index (Phi) is 3.12. The lowest BCUT2D eigenvalue weighted by Crippen LogP contribution is -2.17. The molecule has 1 aromatic rings. The quantitative estimate of drug-likeness (QED) is 0.650. The van der Waals surface area contributed by atoms with E-state index in [0.717, 1.165) is 11.5 Å². The standard InChI is InChI=1S/C11H13ClN2O2/c1-7-4-10(7)13-6-8-2-3-9(12)11(5-8)14(15)16/h2-3,5,7,10,13H,4,6H2,1H3. The SMILES string of the molecule is CC1CC1NCc1ccc(Cl)c([N+](=O)[O-])c1. The Morgan fingerprint density at radius 2 is 2.31 bits per heavy atom. The lowest BCUT2D eigenvalue weighted by atomic mass is 10.2. The van der Waals surface area contributed by atoms with Crippen LogP contribution in [0.3, 0.4) is 0 Å². The van der Waals surface area contributed by atoms with Crippen LogP contribution < -0.4 is 5.32 Å². The Balaban J connectivity index is 2.04. The van der Waals surface area contributed by atoms with Crippen LogP contribution >= 0.6 is 11.6 Å². The molecule has 2 rings (SSSR count). The minimum atomic E-state index is -0.453. The summed E-state index contributed by atoms with van der Waals surface area (Å²) >= 11 is 5.73. The van der Waals surface area contributed by atoms with Crippen LogP contribution in [0.15, 0.2) is 18.2 Å². The molecule has 0 aromatic heterocycles. The molecule has 1 saturated carbocycles. The molecule has 1 aliphatic carbocycles. The van der Waals surface area contributed by atoms with Gasteiger partial charge in [0.15, 0.2) is 0 Å². The van der Waals surface area contributed by atoms with Crippen LogP contribution in [0.2, 0.25) is 5.02 Å². The molecule has 0 radical (unpaired) electrons. The zero-order valence-electron chi connectivity index (χ0n) is 8.94. The van der Waals surface area contributed by atoms with Gasteiger partial charge >= 0.3 is 0 Å². The summed E-state index contributed by atoms with van der Waals surface area (Å²) in [7, 11) is 0. The van der Waals surface area contributed by atoms with E-state index in [1.54, 1.807) is 6.07 Å². The smallest absolute Gasteiger partial charge is 0.288 e. The van der Waals surface area contributed by atoms with Crippen LogP contribution in [-0.2, 0) is 6.54 Å². The number of hydrogen-bond donors (Lipinski definition) is 1. The second-order valence-electron chi connectivity index (χ2n) is 4.24. The first-order valence-corrected chi connectivity index (χ1v) is 5.62. The number of nitrogens with one attached hydrogen (secondary N) is 1. The van der Waals surface area contributed by atoms with Crippen molar-refractivity contribution in [2.75, 3.05) is 0 Å². The van der Waals surface area contributed by atoms with Gasteiger partial charge in [-0.3, -0.25) is 10.1 Å². The maximum atomic E-state index is 10.7. The lowest BCUT2D eigenvalue weighted by Gasteiger charge is -2.04. The molecule has 5 heteroatoms. The van der Waals surface area contributed by atoms with Crippen LogP contribution in [-0.4, -0.2) is 11.0 Å². The Morgan fingerprint density at radius 1 is 1.62 bits per heavy atom. The molecule has 0 bridgehead atoms. The van der Waals surface area contributed by atoms with E-state index in [1.165, 1.54) is 12.5 Å². The monoisotopic (exact) mass is 240 g/mol. The van der Waals surface area contributed by atoms with Crippen LogP contribution in [0, 0.1) is 16.0 Å². The van der Waals surface area contributed by atoms with Crippen molar-refractivity contribution in [2.24, 2.45) is 5.92 Å². The number of hydrogen-bond acceptors (Lipinski definition) is 3. The molecule has 16 heavy (non-hydrogen) atoms. The summed E-state index contributed by atoms with van der Waals surface area (Å²) in [4.78, 5) is 10.2. The predicted molar refractivity (Wildman–Crippen MR) is 62.5 cm³/mol. The van der Waals surface area contributed by atoms with Gasteiger partial charge in [-0.15, -0.1) is 0 Å². The van der Waals surface area contributed by atoms with E-state index in [4.69, 9.17) is 11.6 Å². The maximum Gasteiger partial charge on any atom is 0.288 e. The van der Waals surface area contributed by atoms with E-state index >= 15 is 0 Å². The van der Waals surface area contributed by atoms with Gasteiger partial charge in [-0.2, -0.15) is 0 Å². The predicted octanol–water partition coefficient (Wildman–Crippen LogP) is 2.75. The van der Waals surface area contributed by atoms with Gasteiger partial charge in [0.1, 0.15) is 5.02 Å². The van der Waals surface area contributed by atoms with Crippen molar-refractivity contribution in [2.45, 2.75) is 25.9 Å². The van der Waals surface area contributed by atoms with Gasteiger partial charge in [0, 0.05) is 18.7 Å². The molecule has 1 N–H and O–H groups in total. The van der Waals surface area contributed by atoms with Crippen LogP contribution in [0.25, 0.3) is 0 Å². The van der Waals surface area contributed by atoms with E-state index in [9.17, 15) is 10.1 Å². The van der Waals surface area contributed by atoms with E-state index < -0.39 is 4.92 Å². The van der Waals surface area contributed by atoms with Gasteiger partial charge in [-0.05, 0) is 24.0 Å². The van der Waals surface area contributed by atoms with Crippen LogP contribution in [0.5, 0.6) is 0 Å². The van der Waals surface area contributed by atoms with Gasteiger partial charge < -0.3 is 5.32 Å². The van der Waals surface area contributed by atoms with Crippen molar-refractivity contribution in [3.8, 4) is 0 Å². The fourth-order valence-electron chi connectivity index (χ4n) is 1.66. The van der Waals surface area contributed by atoms with Crippen LogP contribution in [0.1, 0.15) is 18.9 Å². The molecule has 1 aromatic carbocycles.